The minimum absolute atomic E-state index is 0. The Morgan fingerprint density at radius 1 is 1.08 bits per heavy atom. The molecule has 1 rings (SSSR count). The maximum absolute atomic E-state index is 5.78. The number of hydrogen-bond donors (Lipinski definition) is 2. The van der Waals surface area contributed by atoms with Crippen molar-refractivity contribution < 1.29 is 9.47 Å². The summed E-state index contributed by atoms with van der Waals surface area (Å²) in [7, 11) is 1.83. The molecule has 1 aliphatic heterocycles. The van der Waals surface area contributed by atoms with Crippen molar-refractivity contribution in [3.63, 3.8) is 0 Å². The second kappa shape index (κ2) is 18.3. The van der Waals surface area contributed by atoms with Gasteiger partial charge in [0.2, 0.25) is 0 Å². The molecule has 6 nitrogen and oxygen atoms in total. The monoisotopic (exact) mass is 484 g/mol. The van der Waals surface area contributed by atoms with Crippen LogP contribution in [0.5, 0.6) is 0 Å². The lowest BCUT2D eigenvalue weighted by Gasteiger charge is -2.21. The van der Waals surface area contributed by atoms with Crippen LogP contribution >= 0.6 is 24.0 Å². The van der Waals surface area contributed by atoms with Crippen molar-refractivity contribution in [2.45, 2.75) is 46.0 Å². The number of ether oxygens (including phenoxy) is 2. The molecule has 7 heteroatoms. The Morgan fingerprint density at radius 2 is 1.73 bits per heavy atom. The highest BCUT2D eigenvalue weighted by atomic mass is 127. The summed E-state index contributed by atoms with van der Waals surface area (Å²) >= 11 is 0. The first-order valence-electron chi connectivity index (χ1n) is 10.1. The Morgan fingerprint density at radius 3 is 2.35 bits per heavy atom. The molecule has 1 aliphatic rings. The summed E-state index contributed by atoms with van der Waals surface area (Å²) in [4.78, 5) is 6.74. The lowest BCUT2D eigenvalue weighted by Crippen LogP contribution is -2.38. The molecule has 0 aliphatic carbocycles. The summed E-state index contributed by atoms with van der Waals surface area (Å²) < 4.78 is 11.2. The van der Waals surface area contributed by atoms with Crippen LogP contribution in [0, 0.1) is 5.92 Å². The van der Waals surface area contributed by atoms with Gasteiger partial charge in [-0.05, 0) is 57.7 Å². The molecule has 156 valence electrons. The molecule has 0 aromatic heterocycles. The summed E-state index contributed by atoms with van der Waals surface area (Å²) in [6.45, 7) is 13.3. The van der Waals surface area contributed by atoms with E-state index in [4.69, 9.17) is 9.47 Å². The van der Waals surface area contributed by atoms with Crippen LogP contribution < -0.4 is 10.6 Å². The molecule has 0 unspecified atom stereocenters. The largest absolute Gasteiger partial charge is 0.381 e. The molecule has 0 atom stereocenters. The van der Waals surface area contributed by atoms with Gasteiger partial charge in [0.05, 0.1) is 0 Å². The van der Waals surface area contributed by atoms with Gasteiger partial charge in [0.1, 0.15) is 0 Å². The third kappa shape index (κ3) is 13.1. The molecule has 0 amide bonds. The summed E-state index contributed by atoms with van der Waals surface area (Å²) in [5.74, 6) is 1.58. The highest BCUT2D eigenvalue weighted by molar-refractivity contribution is 14.0. The van der Waals surface area contributed by atoms with Crippen molar-refractivity contribution in [1.82, 2.24) is 15.5 Å². The van der Waals surface area contributed by atoms with Crippen molar-refractivity contribution in [2.24, 2.45) is 10.9 Å². The Labute approximate surface area is 177 Å². The third-order valence-electron chi connectivity index (χ3n) is 4.76. The maximum Gasteiger partial charge on any atom is 0.190 e. The van der Waals surface area contributed by atoms with E-state index in [1.165, 1.54) is 19.4 Å². The summed E-state index contributed by atoms with van der Waals surface area (Å²) in [6.07, 6.45) is 5.69. The number of hydrogen-bond acceptors (Lipinski definition) is 4. The van der Waals surface area contributed by atoms with Gasteiger partial charge >= 0.3 is 0 Å². The SMILES string of the molecule is CCN(CC)CCCCNC(=NC)NCCCOCC1CCOCC1.I. The molecule has 0 bridgehead atoms. The summed E-state index contributed by atoms with van der Waals surface area (Å²) in [6, 6.07) is 0. The van der Waals surface area contributed by atoms with Gasteiger partial charge in [-0.1, -0.05) is 13.8 Å². The van der Waals surface area contributed by atoms with Gasteiger partial charge < -0.3 is 25.0 Å². The number of rotatable bonds is 13. The number of nitrogens with one attached hydrogen (secondary N) is 2. The maximum atomic E-state index is 5.78. The fourth-order valence-electron chi connectivity index (χ4n) is 2.97. The molecule has 1 saturated heterocycles. The molecule has 0 aromatic carbocycles. The van der Waals surface area contributed by atoms with E-state index in [0.29, 0.717) is 5.92 Å². The molecule has 2 N–H and O–H groups in total. The van der Waals surface area contributed by atoms with Gasteiger partial charge in [-0.3, -0.25) is 4.99 Å². The van der Waals surface area contributed by atoms with Crippen molar-refractivity contribution in [3.8, 4) is 0 Å². The molecular weight excluding hydrogens is 443 g/mol. The summed E-state index contributed by atoms with van der Waals surface area (Å²) in [5.41, 5.74) is 0. The van der Waals surface area contributed by atoms with E-state index in [-0.39, 0.29) is 24.0 Å². The van der Waals surface area contributed by atoms with Crippen molar-refractivity contribution in [3.05, 3.63) is 0 Å². The highest BCUT2D eigenvalue weighted by Crippen LogP contribution is 2.14. The number of aliphatic imine (C=N–C) groups is 1. The van der Waals surface area contributed by atoms with E-state index >= 15 is 0 Å². The van der Waals surface area contributed by atoms with E-state index < -0.39 is 0 Å². The fraction of sp³-hybridized carbons (Fsp3) is 0.947. The number of unbranched alkanes of at least 4 members (excludes halogenated alkanes) is 1. The predicted molar refractivity (Wildman–Crippen MR) is 121 cm³/mol. The zero-order valence-corrected chi connectivity index (χ0v) is 19.4. The standard InChI is InChI=1S/C19H40N4O2.HI/c1-4-23(5-2)13-7-6-11-21-19(20-3)22-12-8-14-25-17-18-9-15-24-16-10-18;/h18H,4-17H2,1-3H3,(H2,20,21,22);1H. The number of guanidine groups is 1. The van der Waals surface area contributed by atoms with Crippen LogP contribution in [0.25, 0.3) is 0 Å². The number of halogens is 1. The zero-order chi connectivity index (χ0) is 18.2. The van der Waals surface area contributed by atoms with Crippen LogP contribution in [0.1, 0.15) is 46.0 Å². The van der Waals surface area contributed by atoms with Crippen LogP contribution in [0.4, 0.5) is 0 Å². The van der Waals surface area contributed by atoms with Gasteiger partial charge in [0, 0.05) is 46.6 Å². The molecule has 0 spiro atoms. The average Bonchev–Trinajstić information content (AvgIpc) is 2.66. The van der Waals surface area contributed by atoms with E-state index in [9.17, 15) is 0 Å². The molecule has 26 heavy (non-hydrogen) atoms. The molecule has 0 aromatic rings. The predicted octanol–water partition coefficient (Wildman–Crippen LogP) is 2.72. The minimum atomic E-state index is 0. The van der Waals surface area contributed by atoms with Crippen LogP contribution in [-0.4, -0.2) is 77.1 Å². The van der Waals surface area contributed by atoms with Crippen LogP contribution in [0.2, 0.25) is 0 Å². The molecule has 0 saturated carbocycles. The third-order valence-corrected chi connectivity index (χ3v) is 4.76. The lowest BCUT2D eigenvalue weighted by atomic mass is 10.0. The average molecular weight is 484 g/mol. The fourth-order valence-corrected chi connectivity index (χ4v) is 2.97. The van der Waals surface area contributed by atoms with E-state index in [0.717, 1.165) is 77.8 Å². The normalized spacial score (nSPS) is 15.8. The second-order valence-corrected chi connectivity index (χ2v) is 6.64. The zero-order valence-electron chi connectivity index (χ0n) is 17.1. The van der Waals surface area contributed by atoms with Crippen LogP contribution in [0.15, 0.2) is 4.99 Å². The Hall–Kier alpha value is -0.120. The van der Waals surface area contributed by atoms with Gasteiger partial charge in [-0.2, -0.15) is 0 Å². The van der Waals surface area contributed by atoms with Crippen molar-refractivity contribution in [1.29, 1.82) is 0 Å². The van der Waals surface area contributed by atoms with Gasteiger partial charge in [0.15, 0.2) is 5.96 Å². The first-order chi connectivity index (χ1) is 12.3. The number of nitrogens with zero attached hydrogens (tertiary/aromatic N) is 2. The smallest absolute Gasteiger partial charge is 0.190 e. The highest BCUT2D eigenvalue weighted by Gasteiger charge is 2.13. The minimum Gasteiger partial charge on any atom is -0.381 e. The lowest BCUT2D eigenvalue weighted by molar-refractivity contribution is 0.0203. The quantitative estimate of drug-likeness (QED) is 0.182. The Balaban J connectivity index is 0.00000625. The van der Waals surface area contributed by atoms with Gasteiger partial charge in [-0.15, -0.1) is 24.0 Å². The first kappa shape index (κ1) is 25.9. The van der Waals surface area contributed by atoms with E-state index in [1.807, 2.05) is 7.05 Å². The first-order valence-corrected chi connectivity index (χ1v) is 10.1. The Bertz CT molecular complexity index is 336. The van der Waals surface area contributed by atoms with E-state index in [1.54, 1.807) is 0 Å². The molecule has 1 fully saturated rings. The topological polar surface area (TPSA) is 58.1 Å². The molecule has 1 heterocycles. The second-order valence-electron chi connectivity index (χ2n) is 6.64. The van der Waals surface area contributed by atoms with E-state index in [2.05, 4.69) is 34.4 Å². The molecular formula is C19H41IN4O2. The van der Waals surface area contributed by atoms with Gasteiger partial charge in [-0.25, -0.2) is 0 Å². The van der Waals surface area contributed by atoms with Crippen LogP contribution in [0.3, 0.4) is 0 Å². The van der Waals surface area contributed by atoms with Crippen LogP contribution in [-0.2, 0) is 9.47 Å². The van der Waals surface area contributed by atoms with Crippen molar-refractivity contribution >= 4 is 29.9 Å². The summed E-state index contributed by atoms with van der Waals surface area (Å²) in [5, 5.41) is 6.75. The molecule has 0 radical (unpaired) electrons. The van der Waals surface area contributed by atoms with Crippen molar-refractivity contribution in [2.75, 3.05) is 66.2 Å². The Kier molecular flexibility index (Phi) is 18.2. The van der Waals surface area contributed by atoms with Gasteiger partial charge in [0.25, 0.3) is 0 Å².